The lowest BCUT2D eigenvalue weighted by Gasteiger charge is -2.37. The molecular weight excluding hydrogens is 238 g/mol. The highest BCUT2D eigenvalue weighted by Crippen LogP contribution is 2.24. The zero-order valence-corrected chi connectivity index (χ0v) is 13.6. The van der Waals surface area contributed by atoms with Gasteiger partial charge in [0.2, 0.25) is 5.91 Å². The van der Waals surface area contributed by atoms with E-state index in [1.54, 1.807) is 0 Å². The molecule has 0 bridgehead atoms. The van der Waals surface area contributed by atoms with Crippen LogP contribution in [-0.4, -0.2) is 54.6 Å². The number of carbonyl (C=O) groups excluding carboxylic acids is 1. The predicted octanol–water partition coefficient (Wildman–Crippen LogP) is 1.77. The summed E-state index contributed by atoms with van der Waals surface area (Å²) < 4.78 is 0. The summed E-state index contributed by atoms with van der Waals surface area (Å²) >= 11 is 0. The fourth-order valence-electron chi connectivity index (χ4n) is 2.83. The summed E-state index contributed by atoms with van der Waals surface area (Å²) in [7, 11) is 4.15. The molecule has 1 amide bonds. The minimum atomic E-state index is -0.0489. The van der Waals surface area contributed by atoms with Crippen LogP contribution in [0.3, 0.4) is 0 Å². The van der Waals surface area contributed by atoms with Crippen LogP contribution in [0.1, 0.15) is 41.0 Å². The zero-order valence-electron chi connectivity index (χ0n) is 13.6. The van der Waals surface area contributed by atoms with Gasteiger partial charge in [0.05, 0.1) is 12.2 Å². The maximum Gasteiger partial charge on any atom is 0.241 e. The lowest BCUT2D eigenvalue weighted by Crippen LogP contribution is -2.51. The molecule has 4 heteroatoms. The molecule has 1 aliphatic rings. The molecule has 112 valence electrons. The van der Waals surface area contributed by atoms with Gasteiger partial charge in [-0.15, -0.1) is 0 Å². The Labute approximate surface area is 118 Å². The molecule has 4 nitrogen and oxygen atoms in total. The van der Waals surface area contributed by atoms with Crippen LogP contribution in [-0.2, 0) is 4.79 Å². The average Bonchev–Trinajstić information content (AvgIpc) is 2.50. The number of amides is 1. The second kappa shape index (κ2) is 6.71. The van der Waals surface area contributed by atoms with Crippen molar-refractivity contribution in [2.75, 3.05) is 20.6 Å². The highest BCUT2D eigenvalue weighted by molar-refractivity contribution is 5.84. The minimum Gasteiger partial charge on any atom is -0.321 e. The monoisotopic (exact) mass is 269 g/mol. The Hall–Kier alpha value is -0.610. The number of nitrogens with one attached hydrogen (secondary N) is 1. The molecule has 0 saturated carbocycles. The van der Waals surface area contributed by atoms with Crippen molar-refractivity contribution < 1.29 is 4.79 Å². The van der Waals surface area contributed by atoms with Gasteiger partial charge in [-0.3, -0.25) is 10.1 Å². The van der Waals surface area contributed by atoms with E-state index < -0.39 is 0 Å². The van der Waals surface area contributed by atoms with Crippen LogP contribution in [0.25, 0.3) is 0 Å². The summed E-state index contributed by atoms with van der Waals surface area (Å²) in [6, 6.07) is 0.232. The van der Waals surface area contributed by atoms with Gasteiger partial charge in [-0.1, -0.05) is 27.7 Å². The number of hydrogen-bond acceptors (Lipinski definition) is 3. The third-order valence-electron chi connectivity index (χ3n) is 3.78. The Morgan fingerprint density at radius 1 is 1.26 bits per heavy atom. The Morgan fingerprint density at radius 2 is 1.84 bits per heavy atom. The first-order valence-electron chi connectivity index (χ1n) is 7.47. The molecule has 3 unspecified atom stereocenters. The van der Waals surface area contributed by atoms with Gasteiger partial charge < -0.3 is 9.80 Å². The molecule has 1 saturated heterocycles. The van der Waals surface area contributed by atoms with Gasteiger partial charge in [0.25, 0.3) is 0 Å². The van der Waals surface area contributed by atoms with Crippen molar-refractivity contribution in [3.05, 3.63) is 0 Å². The summed E-state index contributed by atoms with van der Waals surface area (Å²) in [4.78, 5) is 16.7. The number of rotatable bonds is 6. The van der Waals surface area contributed by atoms with Gasteiger partial charge in [-0.25, -0.2) is 0 Å². The lowest BCUT2D eigenvalue weighted by atomic mass is 9.99. The molecule has 1 N–H and O–H groups in total. The first kappa shape index (κ1) is 16.4. The summed E-state index contributed by atoms with van der Waals surface area (Å²) in [5.74, 6) is 1.31. The maximum atomic E-state index is 12.5. The first-order valence-corrected chi connectivity index (χ1v) is 7.47. The number of carbonyl (C=O) groups is 1. The molecule has 1 heterocycles. The Balaban J connectivity index is 2.91. The Kier molecular flexibility index (Phi) is 5.81. The van der Waals surface area contributed by atoms with Crippen molar-refractivity contribution in [3.8, 4) is 0 Å². The maximum absolute atomic E-state index is 12.5. The number of hydrogen-bond donors (Lipinski definition) is 1. The molecule has 0 aromatic heterocycles. The molecule has 0 aromatic rings. The van der Waals surface area contributed by atoms with Crippen molar-refractivity contribution in [3.63, 3.8) is 0 Å². The van der Waals surface area contributed by atoms with Crippen LogP contribution in [0, 0.1) is 11.8 Å². The van der Waals surface area contributed by atoms with Crippen LogP contribution in [0.2, 0.25) is 0 Å². The molecule has 0 aliphatic carbocycles. The summed E-state index contributed by atoms with van der Waals surface area (Å²) in [6.45, 7) is 11.7. The van der Waals surface area contributed by atoms with E-state index in [1.807, 2.05) is 6.92 Å². The van der Waals surface area contributed by atoms with Crippen LogP contribution in [0.4, 0.5) is 0 Å². The summed E-state index contributed by atoms with van der Waals surface area (Å²) in [6.07, 6.45) is 1.21. The van der Waals surface area contributed by atoms with E-state index in [1.165, 1.54) is 0 Å². The van der Waals surface area contributed by atoms with Gasteiger partial charge in [-0.05, 0) is 39.3 Å². The second-order valence-electron chi connectivity index (χ2n) is 6.85. The van der Waals surface area contributed by atoms with E-state index in [4.69, 9.17) is 0 Å². The highest BCUT2D eigenvalue weighted by Gasteiger charge is 2.41. The molecule has 3 atom stereocenters. The van der Waals surface area contributed by atoms with E-state index in [0.717, 1.165) is 13.0 Å². The lowest BCUT2D eigenvalue weighted by molar-refractivity contribution is -0.133. The number of nitrogens with zero attached hydrogens (tertiary/aromatic N) is 2. The van der Waals surface area contributed by atoms with Gasteiger partial charge in [0, 0.05) is 12.6 Å². The topological polar surface area (TPSA) is 35.6 Å². The zero-order chi connectivity index (χ0) is 14.7. The second-order valence-corrected chi connectivity index (χ2v) is 6.85. The molecule has 1 fully saturated rings. The van der Waals surface area contributed by atoms with E-state index in [-0.39, 0.29) is 24.2 Å². The SMILES string of the molecule is CC(C)CC1NC(C)C(=O)N1C(CN(C)C)C(C)C. The van der Waals surface area contributed by atoms with Gasteiger partial charge >= 0.3 is 0 Å². The third-order valence-corrected chi connectivity index (χ3v) is 3.78. The first-order chi connectivity index (χ1) is 8.73. The largest absolute Gasteiger partial charge is 0.321 e. The van der Waals surface area contributed by atoms with Crippen molar-refractivity contribution in [2.24, 2.45) is 11.8 Å². The molecule has 1 aliphatic heterocycles. The summed E-state index contributed by atoms with van der Waals surface area (Å²) in [5, 5.41) is 3.45. The highest BCUT2D eigenvalue weighted by atomic mass is 16.2. The normalized spacial score (nSPS) is 26.0. The van der Waals surface area contributed by atoms with Crippen molar-refractivity contribution in [1.82, 2.24) is 15.1 Å². The molecule has 0 aromatic carbocycles. The van der Waals surface area contributed by atoms with Crippen molar-refractivity contribution >= 4 is 5.91 Å². The van der Waals surface area contributed by atoms with Crippen LogP contribution < -0.4 is 5.32 Å². The van der Waals surface area contributed by atoms with Crippen molar-refractivity contribution in [2.45, 2.75) is 59.3 Å². The third kappa shape index (κ3) is 4.18. The molecule has 0 spiro atoms. The van der Waals surface area contributed by atoms with Gasteiger partial charge in [0.1, 0.15) is 0 Å². The van der Waals surface area contributed by atoms with Gasteiger partial charge in [-0.2, -0.15) is 0 Å². The standard InChI is InChI=1S/C15H31N3O/c1-10(2)8-14-16-12(5)15(19)18(14)13(11(3)4)9-17(6)7/h10-14,16H,8-9H2,1-7H3. The quantitative estimate of drug-likeness (QED) is 0.798. The Bertz CT molecular complexity index is 302. The van der Waals surface area contributed by atoms with Crippen molar-refractivity contribution in [1.29, 1.82) is 0 Å². The average molecular weight is 269 g/mol. The van der Waals surface area contributed by atoms with E-state index in [0.29, 0.717) is 11.8 Å². The molecular formula is C15H31N3O. The molecule has 1 rings (SSSR count). The fraction of sp³-hybridized carbons (Fsp3) is 0.933. The predicted molar refractivity (Wildman–Crippen MR) is 79.9 cm³/mol. The summed E-state index contributed by atoms with van der Waals surface area (Å²) in [5.41, 5.74) is 0. The minimum absolute atomic E-state index is 0.0489. The van der Waals surface area contributed by atoms with Crippen LogP contribution in [0.15, 0.2) is 0 Å². The van der Waals surface area contributed by atoms with E-state index >= 15 is 0 Å². The van der Waals surface area contributed by atoms with Crippen LogP contribution in [0.5, 0.6) is 0 Å². The fourth-order valence-corrected chi connectivity index (χ4v) is 2.83. The Morgan fingerprint density at radius 3 is 2.26 bits per heavy atom. The molecule has 19 heavy (non-hydrogen) atoms. The molecule has 0 radical (unpaired) electrons. The van der Waals surface area contributed by atoms with Gasteiger partial charge in [0.15, 0.2) is 0 Å². The smallest absolute Gasteiger partial charge is 0.241 e. The van der Waals surface area contributed by atoms with E-state index in [9.17, 15) is 4.79 Å². The van der Waals surface area contributed by atoms with E-state index in [2.05, 4.69) is 56.9 Å². The number of likely N-dealkylation sites (N-methyl/N-ethyl adjacent to an activating group) is 1. The van der Waals surface area contributed by atoms with Crippen LogP contribution >= 0.6 is 0 Å².